The third-order valence-corrected chi connectivity index (χ3v) is 2.29. The highest BCUT2D eigenvalue weighted by molar-refractivity contribution is 5.51. The van der Waals surface area contributed by atoms with Gasteiger partial charge in [0.2, 0.25) is 0 Å². The maximum Gasteiger partial charge on any atom is 0.171 e. The molecular weight excluding hydrogens is 168 g/mol. The molecule has 13 heavy (non-hydrogen) atoms. The summed E-state index contributed by atoms with van der Waals surface area (Å²) in [5, 5.41) is 8.65. The highest BCUT2D eigenvalue weighted by atomic mass is 17.1. The van der Waals surface area contributed by atoms with E-state index in [1.54, 1.807) is 7.11 Å². The Hall–Kier alpha value is -1.22. The number of aryl methyl sites for hydroxylation is 1. The molecule has 0 aliphatic carbocycles. The first kappa shape index (κ1) is 9.86. The predicted octanol–water partition coefficient (Wildman–Crippen LogP) is 2.47. The summed E-state index contributed by atoms with van der Waals surface area (Å²) in [4.78, 5) is 4.30. The Morgan fingerprint density at radius 2 is 1.77 bits per heavy atom. The molecule has 1 rings (SSSR count). The molecule has 1 aromatic carbocycles. The summed E-state index contributed by atoms with van der Waals surface area (Å²) >= 11 is 0. The van der Waals surface area contributed by atoms with Gasteiger partial charge in [0.15, 0.2) is 5.75 Å². The van der Waals surface area contributed by atoms with E-state index in [0.29, 0.717) is 5.75 Å². The molecule has 0 heterocycles. The second-order valence-electron chi connectivity index (χ2n) is 3.07. The first-order valence-electron chi connectivity index (χ1n) is 4.08. The number of hydrogen-bond donors (Lipinski definition) is 1. The van der Waals surface area contributed by atoms with Crippen LogP contribution >= 0.6 is 0 Å². The van der Waals surface area contributed by atoms with Crippen molar-refractivity contribution >= 4 is 0 Å². The van der Waals surface area contributed by atoms with Crippen molar-refractivity contribution in [1.82, 2.24) is 0 Å². The van der Waals surface area contributed by atoms with E-state index < -0.39 is 0 Å². The van der Waals surface area contributed by atoms with Crippen molar-refractivity contribution < 1.29 is 14.9 Å². The zero-order chi connectivity index (χ0) is 10.0. The molecule has 0 saturated heterocycles. The molecule has 0 amide bonds. The lowest BCUT2D eigenvalue weighted by atomic mass is 10.0. The Morgan fingerprint density at radius 3 is 2.23 bits per heavy atom. The van der Waals surface area contributed by atoms with Crippen molar-refractivity contribution in [1.29, 1.82) is 0 Å². The van der Waals surface area contributed by atoms with E-state index in [1.807, 2.05) is 26.8 Å². The second kappa shape index (κ2) is 3.66. The summed E-state index contributed by atoms with van der Waals surface area (Å²) in [5.74, 6) is 1.33. The number of rotatable bonds is 2. The summed E-state index contributed by atoms with van der Waals surface area (Å²) in [6.45, 7) is 5.67. The SMILES string of the molecule is COc1cc(C)c(OO)c(C)c1C. The van der Waals surface area contributed by atoms with Gasteiger partial charge in [-0.3, -0.25) is 0 Å². The van der Waals surface area contributed by atoms with Crippen molar-refractivity contribution in [3.05, 3.63) is 22.8 Å². The lowest BCUT2D eigenvalue weighted by Gasteiger charge is -2.12. The Labute approximate surface area is 77.8 Å². The van der Waals surface area contributed by atoms with E-state index in [9.17, 15) is 0 Å². The van der Waals surface area contributed by atoms with E-state index in [0.717, 1.165) is 22.4 Å². The summed E-state index contributed by atoms with van der Waals surface area (Å²) in [7, 11) is 1.63. The second-order valence-corrected chi connectivity index (χ2v) is 3.07. The molecule has 3 nitrogen and oxygen atoms in total. The van der Waals surface area contributed by atoms with Gasteiger partial charge in [-0.25, -0.2) is 5.26 Å². The molecule has 0 spiro atoms. The fraction of sp³-hybridized carbons (Fsp3) is 0.400. The van der Waals surface area contributed by atoms with Crippen LogP contribution in [0.5, 0.6) is 11.5 Å². The first-order valence-corrected chi connectivity index (χ1v) is 4.08. The molecule has 0 aliphatic rings. The van der Waals surface area contributed by atoms with E-state index in [1.165, 1.54) is 0 Å². The largest absolute Gasteiger partial charge is 0.496 e. The van der Waals surface area contributed by atoms with Gasteiger partial charge in [-0.05, 0) is 38.0 Å². The molecule has 72 valence electrons. The molecule has 0 bridgehead atoms. The molecular formula is C10H14O3. The van der Waals surface area contributed by atoms with Gasteiger partial charge in [-0.2, -0.15) is 0 Å². The monoisotopic (exact) mass is 182 g/mol. The third-order valence-electron chi connectivity index (χ3n) is 2.29. The minimum atomic E-state index is 0.512. The molecule has 0 fully saturated rings. The van der Waals surface area contributed by atoms with Crippen LogP contribution in [0.3, 0.4) is 0 Å². The summed E-state index contributed by atoms with van der Waals surface area (Å²) in [6, 6.07) is 1.84. The van der Waals surface area contributed by atoms with Crippen molar-refractivity contribution in [3.8, 4) is 11.5 Å². The minimum Gasteiger partial charge on any atom is -0.496 e. The summed E-state index contributed by atoms with van der Waals surface area (Å²) < 4.78 is 5.17. The minimum absolute atomic E-state index is 0.512. The molecule has 1 aromatic rings. The maximum atomic E-state index is 8.65. The Kier molecular flexibility index (Phi) is 2.78. The van der Waals surface area contributed by atoms with E-state index >= 15 is 0 Å². The molecule has 0 atom stereocenters. The number of ether oxygens (including phenoxy) is 1. The molecule has 0 radical (unpaired) electrons. The van der Waals surface area contributed by atoms with Crippen LogP contribution in [-0.4, -0.2) is 12.4 Å². The van der Waals surface area contributed by atoms with Crippen LogP contribution in [0.2, 0.25) is 0 Å². The zero-order valence-electron chi connectivity index (χ0n) is 8.34. The van der Waals surface area contributed by atoms with Crippen LogP contribution < -0.4 is 9.62 Å². The quantitative estimate of drug-likeness (QED) is 0.564. The normalized spacial score (nSPS) is 9.92. The van der Waals surface area contributed by atoms with E-state index in [4.69, 9.17) is 9.99 Å². The van der Waals surface area contributed by atoms with Crippen molar-refractivity contribution in [2.45, 2.75) is 20.8 Å². The van der Waals surface area contributed by atoms with Crippen LogP contribution in [0.15, 0.2) is 6.07 Å². The molecule has 0 saturated carbocycles. The Bertz CT molecular complexity index is 318. The molecule has 3 heteroatoms. The van der Waals surface area contributed by atoms with Crippen molar-refractivity contribution in [2.24, 2.45) is 0 Å². The summed E-state index contributed by atoms with van der Waals surface area (Å²) in [6.07, 6.45) is 0. The maximum absolute atomic E-state index is 8.65. The smallest absolute Gasteiger partial charge is 0.171 e. The van der Waals surface area contributed by atoms with Crippen molar-refractivity contribution in [2.75, 3.05) is 7.11 Å². The standard InChI is InChI=1S/C10H14O3/c1-6-5-9(12-4)7(2)8(3)10(6)13-11/h5,11H,1-4H3. The summed E-state index contributed by atoms with van der Waals surface area (Å²) in [5.41, 5.74) is 2.75. The van der Waals surface area contributed by atoms with E-state index in [-0.39, 0.29) is 0 Å². The lowest BCUT2D eigenvalue weighted by molar-refractivity contribution is -0.138. The average molecular weight is 182 g/mol. The average Bonchev–Trinajstić information content (AvgIpc) is 2.12. The highest BCUT2D eigenvalue weighted by Gasteiger charge is 2.11. The van der Waals surface area contributed by atoms with Gasteiger partial charge < -0.3 is 9.62 Å². The highest BCUT2D eigenvalue weighted by Crippen LogP contribution is 2.32. The fourth-order valence-electron chi connectivity index (χ4n) is 1.37. The van der Waals surface area contributed by atoms with Crippen molar-refractivity contribution in [3.63, 3.8) is 0 Å². The van der Waals surface area contributed by atoms with Crippen LogP contribution in [0, 0.1) is 20.8 Å². The predicted molar refractivity (Wildman–Crippen MR) is 50.5 cm³/mol. The van der Waals surface area contributed by atoms with Crippen LogP contribution in [0.1, 0.15) is 16.7 Å². The van der Waals surface area contributed by atoms with Gasteiger partial charge in [0.1, 0.15) is 5.75 Å². The number of hydrogen-bond acceptors (Lipinski definition) is 3. The molecule has 1 N–H and O–H groups in total. The molecule has 0 unspecified atom stereocenters. The van der Waals surface area contributed by atoms with Gasteiger partial charge in [-0.1, -0.05) is 0 Å². The van der Waals surface area contributed by atoms with Gasteiger partial charge >= 0.3 is 0 Å². The van der Waals surface area contributed by atoms with Crippen LogP contribution in [-0.2, 0) is 0 Å². The molecule has 0 aromatic heterocycles. The lowest BCUT2D eigenvalue weighted by Crippen LogP contribution is -1.97. The van der Waals surface area contributed by atoms with Crippen LogP contribution in [0.25, 0.3) is 0 Å². The Morgan fingerprint density at radius 1 is 1.15 bits per heavy atom. The fourth-order valence-corrected chi connectivity index (χ4v) is 1.37. The van der Waals surface area contributed by atoms with Gasteiger partial charge in [0.05, 0.1) is 7.11 Å². The van der Waals surface area contributed by atoms with Gasteiger partial charge in [-0.15, -0.1) is 0 Å². The van der Waals surface area contributed by atoms with Crippen LogP contribution in [0.4, 0.5) is 0 Å². The third kappa shape index (κ3) is 1.60. The topological polar surface area (TPSA) is 38.7 Å². The van der Waals surface area contributed by atoms with Gasteiger partial charge in [0.25, 0.3) is 0 Å². The molecule has 0 aliphatic heterocycles. The zero-order valence-corrected chi connectivity index (χ0v) is 8.34. The first-order chi connectivity index (χ1) is 6.11. The van der Waals surface area contributed by atoms with Gasteiger partial charge in [0, 0.05) is 5.56 Å². The number of methoxy groups -OCH3 is 1. The Balaban J connectivity index is 3.37. The number of benzene rings is 1. The van der Waals surface area contributed by atoms with E-state index in [2.05, 4.69) is 4.89 Å².